The van der Waals surface area contributed by atoms with E-state index >= 15 is 0 Å². The van der Waals surface area contributed by atoms with Crippen LogP contribution in [0.3, 0.4) is 0 Å². The second kappa shape index (κ2) is 5.22. The molecule has 3 rings (SSSR count). The normalized spacial score (nSPS) is 12.8. The molecule has 0 saturated heterocycles. The highest BCUT2D eigenvalue weighted by Crippen LogP contribution is 2.28. The molecule has 0 fully saturated rings. The van der Waals surface area contributed by atoms with Crippen LogP contribution >= 0.6 is 11.3 Å². The Morgan fingerprint density at radius 3 is 3.00 bits per heavy atom. The van der Waals surface area contributed by atoms with Crippen molar-refractivity contribution >= 4 is 16.3 Å². The van der Waals surface area contributed by atoms with Gasteiger partial charge in [0.25, 0.3) is 0 Å². The number of ether oxygens (including phenoxy) is 1. The third-order valence-corrected chi connectivity index (χ3v) is 3.69. The van der Waals surface area contributed by atoms with E-state index in [1.807, 2.05) is 42.0 Å². The van der Waals surface area contributed by atoms with Crippen molar-refractivity contribution in [3.05, 3.63) is 41.3 Å². The van der Waals surface area contributed by atoms with E-state index < -0.39 is 0 Å². The molecule has 0 radical (unpaired) electrons. The van der Waals surface area contributed by atoms with E-state index in [1.165, 1.54) is 0 Å². The second-order valence-corrected chi connectivity index (χ2v) is 5.71. The van der Waals surface area contributed by atoms with Gasteiger partial charge in [-0.3, -0.25) is 9.38 Å². The van der Waals surface area contributed by atoms with E-state index in [0.29, 0.717) is 18.1 Å². The van der Waals surface area contributed by atoms with Gasteiger partial charge in [0, 0.05) is 29.7 Å². The van der Waals surface area contributed by atoms with Crippen LogP contribution in [0, 0.1) is 6.92 Å². The predicted molar refractivity (Wildman–Crippen MR) is 79.5 cm³/mol. The molecule has 3 aromatic rings. The van der Waals surface area contributed by atoms with E-state index in [9.17, 15) is 0 Å². The predicted octanol–water partition coefficient (Wildman–Crippen LogP) is 2.78. The first-order valence-corrected chi connectivity index (χ1v) is 7.32. The van der Waals surface area contributed by atoms with Crippen molar-refractivity contribution in [3.8, 4) is 11.6 Å². The lowest BCUT2D eigenvalue weighted by atomic mass is 10.2. The van der Waals surface area contributed by atoms with Gasteiger partial charge in [0.2, 0.25) is 5.88 Å². The highest BCUT2D eigenvalue weighted by molar-refractivity contribution is 7.15. The first-order valence-electron chi connectivity index (χ1n) is 6.44. The van der Waals surface area contributed by atoms with Gasteiger partial charge in [-0.15, -0.1) is 11.3 Å². The number of pyridine rings is 1. The minimum atomic E-state index is 0.0493. The van der Waals surface area contributed by atoms with Crippen LogP contribution in [0.1, 0.15) is 18.3 Å². The first-order chi connectivity index (χ1) is 9.63. The Labute approximate surface area is 121 Å². The third kappa shape index (κ3) is 2.52. The minimum Gasteiger partial charge on any atom is -0.436 e. The average molecular weight is 288 g/mol. The molecule has 0 spiro atoms. The van der Waals surface area contributed by atoms with Crippen molar-refractivity contribution in [2.24, 2.45) is 5.73 Å². The summed E-state index contributed by atoms with van der Waals surface area (Å²) in [6.45, 7) is 3.92. The lowest BCUT2D eigenvalue weighted by Crippen LogP contribution is -2.19. The van der Waals surface area contributed by atoms with E-state index in [2.05, 4.69) is 9.97 Å². The first kappa shape index (κ1) is 13.1. The largest absolute Gasteiger partial charge is 0.436 e. The number of imidazole rings is 1. The van der Waals surface area contributed by atoms with Gasteiger partial charge in [-0.25, -0.2) is 0 Å². The van der Waals surface area contributed by atoms with Crippen LogP contribution in [-0.2, 0) is 6.42 Å². The SMILES string of the molecule is Cc1ccc(Oc2nc3sccn3c2CC(C)N)cn1. The molecule has 0 aromatic carbocycles. The van der Waals surface area contributed by atoms with Crippen molar-refractivity contribution in [2.45, 2.75) is 26.3 Å². The number of thiazole rings is 1. The fourth-order valence-electron chi connectivity index (χ4n) is 2.01. The maximum absolute atomic E-state index is 5.92. The molecule has 6 heteroatoms. The monoisotopic (exact) mass is 288 g/mol. The van der Waals surface area contributed by atoms with Crippen molar-refractivity contribution in [1.29, 1.82) is 0 Å². The standard InChI is InChI=1S/C14H16N4OS/c1-9(15)7-12-13(17-14-18(12)5-6-20-14)19-11-4-3-10(2)16-8-11/h3-6,8-9H,7,15H2,1-2H3. The number of fused-ring (bicyclic) bond motifs is 1. The zero-order chi connectivity index (χ0) is 14.1. The summed E-state index contributed by atoms with van der Waals surface area (Å²) in [5.41, 5.74) is 7.87. The van der Waals surface area contributed by atoms with Gasteiger partial charge in [0.1, 0.15) is 5.75 Å². The van der Waals surface area contributed by atoms with Gasteiger partial charge in [-0.1, -0.05) is 0 Å². The van der Waals surface area contributed by atoms with Crippen molar-refractivity contribution in [1.82, 2.24) is 14.4 Å². The van der Waals surface area contributed by atoms with E-state index in [0.717, 1.165) is 16.3 Å². The number of aromatic nitrogens is 3. The Morgan fingerprint density at radius 1 is 1.45 bits per heavy atom. The Kier molecular flexibility index (Phi) is 3.42. The molecule has 3 heterocycles. The minimum absolute atomic E-state index is 0.0493. The van der Waals surface area contributed by atoms with Crippen molar-refractivity contribution in [2.75, 3.05) is 0 Å². The Bertz CT molecular complexity index is 714. The molecule has 1 unspecified atom stereocenters. The van der Waals surface area contributed by atoms with E-state index in [4.69, 9.17) is 10.5 Å². The number of nitrogens with two attached hydrogens (primary N) is 1. The summed E-state index contributed by atoms with van der Waals surface area (Å²) in [7, 11) is 0. The molecule has 2 N–H and O–H groups in total. The molecule has 20 heavy (non-hydrogen) atoms. The second-order valence-electron chi connectivity index (χ2n) is 4.84. The van der Waals surface area contributed by atoms with Gasteiger partial charge >= 0.3 is 0 Å². The maximum Gasteiger partial charge on any atom is 0.242 e. The fraction of sp³-hybridized carbons (Fsp3) is 0.286. The molecule has 1 atom stereocenters. The van der Waals surface area contributed by atoms with Crippen LogP contribution < -0.4 is 10.5 Å². The molecule has 3 aromatic heterocycles. The fourth-order valence-corrected chi connectivity index (χ4v) is 2.74. The molecular formula is C14H16N4OS. The van der Waals surface area contributed by atoms with Crippen LogP contribution in [0.25, 0.3) is 4.96 Å². The summed E-state index contributed by atoms with van der Waals surface area (Å²) in [4.78, 5) is 9.66. The average Bonchev–Trinajstić information content (AvgIpc) is 2.96. The summed E-state index contributed by atoms with van der Waals surface area (Å²) in [6.07, 6.45) is 4.41. The van der Waals surface area contributed by atoms with Crippen LogP contribution in [0.15, 0.2) is 29.9 Å². The van der Waals surface area contributed by atoms with Crippen LogP contribution in [0.4, 0.5) is 0 Å². The number of aryl methyl sites for hydroxylation is 1. The Morgan fingerprint density at radius 2 is 2.30 bits per heavy atom. The zero-order valence-electron chi connectivity index (χ0n) is 11.4. The van der Waals surface area contributed by atoms with Crippen molar-refractivity contribution in [3.63, 3.8) is 0 Å². The molecular weight excluding hydrogens is 272 g/mol. The summed E-state index contributed by atoms with van der Waals surface area (Å²) >= 11 is 1.58. The Hall–Kier alpha value is -1.92. The molecule has 104 valence electrons. The van der Waals surface area contributed by atoms with E-state index in [-0.39, 0.29) is 6.04 Å². The number of nitrogens with zero attached hydrogens (tertiary/aromatic N) is 3. The summed E-state index contributed by atoms with van der Waals surface area (Å²) in [5.74, 6) is 1.30. The number of hydrogen-bond donors (Lipinski definition) is 1. The summed E-state index contributed by atoms with van der Waals surface area (Å²) in [6, 6.07) is 3.86. The molecule has 0 aliphatic carbocycles. The molecule has 5 nitrogen and oxygen atoms in total. The lowest BCUT2D eigenvalue weighted by Gasteiger charge is -2.08. The lowest BCUT2D eigenvalue weighted by molar-refractivity contribution is 0.454. The van der Waals surface area contributed by atoms with Gasteiger partial charge < -0.3 is 10.5 Å². The quantitative estimate of drug-likeness (QED) is 0.801. The molecule has 0 amide bonds. The molecule has 0 aliphatic rings. The molecule has 0 bridgehead atoms. The van der Waals surface area contributed by atoms with Crippen molar-refractivity contribution < 1.29 is 4.74 Å². The van der Waals surface area contributed by atoms with Gasteiger partial charge in [0.15, 0.2) is 4.96 Å². The highest BCUT2D eigenvalue weighted by atomic mass is 32.1. The smallest absolute Gasteiger partial charge is 0.242 e. The van der Waals surface area contributed by atoms with Crippen LogP contribution in [0.2, 0.25) is 0 Å². The topological polar surface area (TPSA) is 65.4 Å². The van der Waals surface area contributed by atoms with Gasteiger partial charge in [-0.2, -0.15) is 4.98 Å². The maximum atomic E-state index is 5.92. The highest BCUT2D eigenvalue weighted by Gasteiger charge is 2.16. The van der Waals surface area contributed by atoms with Gasteiger partial charge in [-0.05, 0) is 26.0 Å². The summed E-state index contributed by atoms with van der Waals surface area (Å²) < 4.78 is 7.90. The zero-order valence-corrected chi connectivity index (χ0v) is 12.2. The van der Waals surface area contributed by atoms with Crippen LogP contribution in [-0.4, -0.2) is 20.4 Å². The van der Waals surface area contributed by atoms with Gasteiger partial charge in [0.05, 0.1) is 11.9 Å². The third-order valence-electron chi connectivity index (χ3n) is 2.94. The Balaban J connectivity index is 1.97. The number of rotatable bonds is 4. The summed E-state index contributed by atoms with van der Waals surface area (Å²) in [5, 5.41) is 2.00. The van der Waals surface area contributed by atoms with E-state index in [1.54, 1.807) is 17.5 Å². The molecule has 0 aliphatic heterocycles. The number of hydrogen-bond acceptors (Lipinski definition) is 5. The van der Waals surface area contributed by atoms with Crippen LogP contribution in [0.5, 0.6) is 11.6 Å². The molecule has 0 saturated carbocycles.